The van der Waals surface area contributed by atoms with Crippen molar-refractivity contribution in [2.24, 2.45) is 5.73 Å². The Hall–Kier alpha value is -1.36. The van der Waals surface area contributed by atoms with Crippen molar-refractivity contribution in [2.45, 2.75) is 39.3 Å². The van der Waals surface area contributed by atoms with Crippen molar-refractivity contribution in [3.05, 3.63) is 17.5 Å². The third-order valence-electron chi connectivity index (χ3n) is 2.18. The molecular formula is C10H18N4O. The molecule has 0 aliphatic carbocycles. The molecule has 1 aromatic rings. The van der Waals surface area contributed by atoms with Gasteiger partial charge in [-0.3, -0.25) is 9.89 Å². The van der Waals surface area contributed by atoms with E-state index in [9.17, 15) is 4.79 Å². The molecule has 84 valence electrons. The Balaban J connectivity index is 2.53. The minimum Gasteiger partial charge on any atom is -0.349 e. The number of rotatable bonds is 4. The summed E-state index contributed by atoms with van der Waals surface area (Å²) in [6.07, 6.45) is 2.30. The van der Waals surface area contributed by atoms with Gasteiger partial charge in [-0.2, -0.15) is 5.10 Å². The maximum atomic E-state index is 11.7. The maximum absolute atomic E-state index is 11.7. The molecule has 0 saturated carbocycles. The highest BCUT2D eigenvalue weighted by atomic mass is 16.1. The normalized spacial score (nSPS) is 14.7. The van der Waals surface area contributed by atoms with Gasteiger partial charge < -0.3 is 11.1 Å². The molecule has 0 saturated heterocycles. The van der Waals surface area contributed by atoms with Crippen LogP contribution in [-0.2, 0) is 0 Å². The highest BCUT2D eigenvalue weighted by Crippen LogP contribution is 2.03. The highest BCUT2D eigenvalue weighted by molar-refractivity contribution is 5.95. The summed E-state index contributed by atoms with van der Waals surface area (Å²) in [7, 11) is 0. The van der Waals surface area contributed by atoms with Gasteiger partial charge >= 0.3 is 0 Å². The predicted octanol–water partition coefficient (Wildman–Crippen LogP) is 0.574. The van der Waals surface area contributed by atoms with Crippen LogP contribution in [0.2, 0.25) is 0 Å². The zero-order chi connectivity index (χ0) is 11.4. The van der Waals surface area contributed by atoms with Gasteiger partial charge in [0.1, 0.15) is 0 Å². The minimum absolute atomic E-state index is 0.0757. The molecule has 1 rings (SSSR count). The fraction of sp³-hybridized carbons (Fsp3) is 0.600. The van der Waals surface area contributed by atoms with Gasteiger partial charge in [0.05, 0.1) is 11.8 Å². The third-order valence-corrected chi connectivity index (χ3v) is 2.18. The second-order valence-corrected chi connectivity index (χ2v) is 4.00. The Morgan fingerprint density at radius 2 is 2.33 bits per heavy atom. The predicted molar refractivity (Wildman–Crippen MR) is 58.5 cm³/mol. The summed E-state index contributed by atoms with van der Waals surface area (Å²) in [6.45, 7) is 5.68. The summed E-state index contributed by atoms with van der Waals surface area (Å²) in [5.74, 6) is -0.102. The van der Waals surface area contributed by atoms with E-state index in [2.05, 4.69) is 15.5 Å². The average Bonchev–Trinajstić information content (AvgIpc) is 2.49. The van der Waals surface area contributed by atoms with Gasteiger partial charge in [0.25, 0.3) is 5.91 Å². The van der Waals surface area contributed by atoms with Gasteiger partial charge in [-0.25, -0.2) is 0 Å². The molecule has 0 radical (unpaired) electrons. The number of nitrogens with zero attached hydrogens (tertiary/aromatic N) is 1. The van der Waals surface area contributed by atoms with Gasteiger partial charge in [0.2, 0.25) is 0 Å². The first-order chi connectivity index (χ1) is 7.00. The number of carbonyl (C=O) groups is 1. The Morgan fingerprint density at radius 1 is 1.67 bits per heavy atom. The van der Waals surface area contributed by atoms with Gasteiger partial charge in [-0.15, -0.1) is 0 Å². The molecular weight excluding hydrogens is 192 g/mol. The van der Waals surface area contributed by atoms with Gasteiger partial charge in [0, 0.05) is 17.8 Å². The van der Waals surface area contributed by atoms with Crippen LogP contribution in [0.15, 0.2) is 6.20 Å². The molecule has 0 aliphatic rings. The summed E-state index contributed by atoms with van der Waals surface area (Å²) in [6, 6.07) is 0.164. The topological polar surface area (TPSA) is 83.8 Å². The smallest absolute Gasteiger partial charge is 0.254 e. The zero-order valence-electron chi connectivity index (χ0n) is 9.37. The van der Waals surface area contributed by atoms with Crippen LogP contribution in [0.3, 0.4) is 0 Å². The molecule has 1 amide bonds. The number of aromatic nitrogens is 2. The van der Waals surface area contributed by atoms with Crippen LogP contribution < -0.4 is 11.1 Å². The summed E-state index contributed by atoms with van der Waals surface area (Å²) >= 11 is 0. The van der Waals surface area contributed by atoms with E-state index in [-0.39, 0.29) is 18.0 Å². The SMILES string of the molecule is Cc1[nH]ncc1C(=O)NC(C)CC(C)N. The standard InChI is InChI=1S/C10H18N4O/c1-6(11)4-7(2)13-10(15)9-5-12-14-8(9)3/h5-7H,4,11H2,1-3H3,(H,12,14)(H,13,15). The van der Waals surface area contributed by atoms with Crippen molar-refractivity contribution in [3.8, 4) is 0 Å². The molecule has 1 heterocycles. The molecule has 0 spiro atoms. The van der Waals surface area contributed by atoms with Crippen LogP contribution in [0.1, 0.15) is 36.3 Å². The largest absolute Gasteiger partial charge is 0.349 e. The van der Waals surface area contributed by atoms with E-state index in [1.807, 2.05) is 20.8 Å². The number of nitrogens with two attached hydrogens (primary N) is 1. The molecule has 0 bridgehead atoms. The van der Waals surface area contributed by atoms with Gasteiger partial charge in [-0.05, 0) is 27.2 Å². The minimum atomic E-state index is -0.102. The number of H-pyrrole nitrogens is 1. The van der Waals surface area contributed by atoms with E-state index in [4.69, 9.17) is 5.73 Å². The summed E-state index contributed by atoms with van der Waals surface area (Å²) < 4.78 is 0. The summed E-state index contributed by atoms with van der Waals surface area (Å²) in [5.41, 5.74) is 7.02. The first-order valence-corrected chi connectivity index (χ1v) is 5.07. The zero-order valence-corrected chi connectivity index (χ0v) is 9.37. The van der Waals surface area contributed by atoms with Crippen LogP contribution in [0.5, 0.6) is 0 Å². The summed E-state index contributed by atoms with van der Waals surface area (Å²) in [5, 5.41) is 9.40. The van der Waals surface area contributed by atoms with Crippen molar-refractivity contribution in [3.63, 3.8) is 0 Å². The molecule has 0 aliphatic heterocycles. The molecule has 15 heavy (non-hydrogen) atoms. The van der Waals surface area contributed by atoms with E-state index in [1.165, 1.54) is 6.20 Å². The fourth-order valence-corrected chi connectivity index (χ4v) is 1.50. The second-order valence-electron chi connectivity index (χ2n) is 4.00. The lowest BCUT2D eigenvalue weighted by Gasteiger charge is -2.15. The highest BCUT2D eigenvalue weighted by Gasteiger charge is 2.13. The Bertz CT molecular complexity index is 332. The molecule has 5 heteroatoms. The fourth-order valence-electron chi connectivity index (χ4n) is 1.50. The van der Waals surface area contributed by atoms with Crippen molar-refractivity contribution in [1.82, 2.24) is 15.5 Å². The Morgan fingerprint density at radius 3 is 2.80 bits per heavy atom. The lowest BCUT2D eigenvalue weighted by atomic mass is 10.1. The number of carbonyl (C=O) groups excluding carboxylic acids is 1. The van der Waals surface area contributed by atoms with Gasteiger partial charge in [0.15, 0.2) is 0 Å². The lowest BCUT2D eigenvalue weighted by Crippen LogP contribution is -2.36. The van der Waals surface area contributed by atoms with E-state index in [0.717, 1.165) is 12.1 Å². The number of aryl methyl sites for hydroxylation is 1. The van der Waals surface area contributed by atoms with Crippen LogP contribution in [0.4, 0.5) is 0 Å². The first-order valence-electron chi connectivity index (χ1n) is 5.07. The first kappa shape index (κ1) is 11.7. The van der Waals surface area contributed by atoms with Crippen molar-refractivity contribution >= 4 is 5.91 Å². The van der Waals surface area contributed by atoms with Crippen LogP contribution >= 0.6 is 0 Å². The van der Waals surface area contributed by atoms with E-state index in [1.54, 1.807) is 0 Å². The molecule has 4 N–H and O–H groups in total. The van der Waals surface area contributed by atoms with Crippen molar-refractivity contribution < 1.29 is 4.79 Å². The van der Waals surface area contributed by atoms with E-state index < -0.39 is 0 Å². The summed E-state index contributed by atoms with van der Waals surface area (Å²) in [4.78, 5) is 11.7. The monoisotopic (exact) mass is 210 g/mol. The second kappa shape index (κ2) is 4.93. The molecule has 0 aromatic carbocycles. The molecule has 1 aromatic heterocycles. The number of hydrogen-bond donors (Lipinski definition) is 3. The lowest BCUT2D eigenvalue weighted by molar-refractivity contribution is 0.0937. The average molecular weight is 210 g/mol. The molecule has 2 atom stereocenters. The number of aromatic amines is 1. The van der Waals surface area contributed by atoms with Crippen LogP contribution in [0, 0.1) is 6.92 Å². The van der Waals surface area contributed by atoms with Crippen molar-refractivity contribution in [1.29, 1.82) is 0 Å². The van der Waals surface area contributed by atoms with E-state index in [0.29, 0.717) is 5.56 Å². The number of hydrogen-bond acceptors (Lipinski definition) is 3. The molecule has 5 nitrogen and oxygen atoms in total. The number of amides is 1. The maximum Gasteiger partial charge on any atom is 0.254 e. The molecule has 0 fully saturated rings. The van der Waals surface area contributed by atoms with Crippen LogP contribution in [0.25, 0.3) is 0 Å². The van der Waals surface area contributed by atoms with Crippen molar-refractivity contribution in [2.75, 3.05) is 0 Å². The Labute approximate surface area is 89.4 Å². The Kier molecular flexibility index (Phi) is 3.85. The van der Waals surface area contributed by atoms with E-state index >= 15 is 0 Å². The number of nitrogens with one attached hydrogen (secondary N) is 2. The van der Waals surface area contributed by atoms with Crippen LogP contribution in [-0.4, -0.2) is 28.2 Å². The third kappa shape index (κ3) is 3.36. The van der Waals surface area contributed by atoms with Gasteiger partial charge in [-0.1, -0.05) is 0 Å². The molecule has 2 unspecified atom stereocenters. The quantitative estimate of drug-likeness (QED) is 0.679.